The van der Waals surface area contributed by atoms with E-state index in [2.05, 4.69) is 19.9 Å². The average molecular weight is 352 g/mol. The van der Waals surface area contributed by atoms with Gasteiger partial charge in [0.25, 0.3) is 0 Å². The number of rotatable bonds is 4. The third-order valence-corrected chi connectivity index (χ3v) is 4.53. The van der Waals surface area contributed by atoms with Crippen LogP contribution in [0.5, 0.6) is 11.6 Å². The summed E-state index contributed by atoms with van der Waals surface area (Å²) in [7, 11) is 0. The monoisotopic (exact) mass is 352 g/mol. The Bertz CT molecular complexity index is 943. The lowest BCUT2D eigenvalue weighted by atomic mass is 9.79. The van der Waals surface area contributed by atoms with Crippen LogP contribution in [-0.2, 0) is 0 Å². The van der Waals surface area contributed by atoms with Crippen molar-refractivity contribution in [2.24, 2.45) is 0 Å². The Labute approximate surface area is 149 Å². The van der Waals surface area contributed by atoms with Crippen molar-refractivity contribution in [3.8, 4) is 22.8 Å². The summed E-state index contributed by atoms with van der Waals surface area (Å²) in [6.07, 6.45) is 7.38. The molecule has 0 bridgehead atoms. The van der Waals surface area contributed by atoms with Crippen LogP contribution in [0.3, 0.4) is 0 Å². The Kier molecular flexibility index (Phi) is 4.08. The number of halogens is 1. The second kappa shape index (κ2) is 6.55. The molecule has 132 valence electrons. The molecule has 1 fully saturated rings. The summed E-state index contributed by atoms with van der Waals surface area (Å²) in [5.74, 6) is 0.525. The molecule has 2 aromatic heterocycles. The molecule has 1 aromatic carbocycles. The molecule has 1 aliphatic carbocycles. The van der Waals surface area contributed by atoms with Crippen LogP contribution in [0.15, 0.2) is 36.9 Å². The van der Waals surface area contributed by atoms with E-state index in [-0.39, 0.29) is 29.3 Å². The van der Waals surface area contributed by atoms with E-state index in [1.807, 2.05) is 6.07 Å². The maximum absolute atomic E-state index is 15.3. The summed E-state index contributed by atoms with van der Waals surface area (Å²) >= 11 is 0. The van der Waals surface area contributed by atoms with Gasteiger partial charge < -0.3 is 16.2 Å². The van der Waals surface area contributed by atoms with Gasteiger partial charge in [0.05, 0.1) is 0 Å². The molecule has 8 heteroatoms. The zero-order chi connectivity index (χ0) is 18.1. The molecule has 0 radical (unpaired) electrons. The molecule has 2 heterocycles. The summed E-state index contributed by atoms with van der Waals surface area (Å²) in [5, 5.41) is 0. The molecule has 1 saturated carbocycles. The fraction of sp³-hybridized carbons (Fsp3) is 0.222. The van der Waals surface area contributed by atoms with Crippen LogP contribution in [0.25, 0.3) is 11.1 Å². The summed E-state index contributed by atoms with van der Waals surface area (Å²) < 4.78 is 21.1. The number of benzene rings is 1. The molecule has 1 aliphatic rings. The number of hydrogen-bond donors (Lipinski definition) is 2. The van der Waals surface area contributed by atoms with E-state index in [0.29, 0.717) is 11.1 Å². The predicted molar refractivity (Wildman–Crippen MR) is 94.9 cm³/mol. The van der Waals surface area contributed by atoms with Crippen molar-refractivity contribution in [1.29, 1.82) is 0 Å². The van der Waals surface area contributed by atoms with E-state index >= 15 is 4.39 Å². The highest BCUT2D eigenvalue weighted by Gasteiger charge is 2.27. The maximum atomic E-state index is 15.3. The number of nitrogen functional groups attached to an aromatic ring is 2. The van der Waals surface area contributed by atoms with Crippen molar-refractivity contribution in [2.45, 2.75) is 25.2 Å². The molecule has 0 saturated heterocycles. The van der Waals surface area contributed by atoms with Gasteiger partial charge in [-0.1, -0.05) is 18.6 Å². The van der Waals surface area contributed by atoms with Crippen LogP contribution >= 0.6 is 0 Å². The zero-order valence-electron chi connectivity index (χ0n) is 13.9. The van der Waals surface area contributed by atoms with Gasteiger partial charge in [0.1, 0.15) is 12.1 Å². The Morgan fingerprint density at radius 3 is 2.46 bits per heavy atom. The van der Waals surface area contributed by atoms with E-state index in [1.165, 1.54) is 24.8 Å². The van der Waals surface area contributed by atoms with E-state index in [9.17, 15) is 0 Å². The van der Waals surface area contributed by atoms with Crippen molar-refractivity contribution in [3.63, 3.8) is 0 Å². The molecule has 0 amide bonds. The molecule has 0 aliphatic heterocycles. The van der Waals surface area contributed by atoms with Crippen molar-refractivity contribution in [1.82, 2.24) is 19.9 Å². The highest BCUT2D eigenvalue weighted by Crippen LogP contribution is 2.45. The first kappa shape index (κ1) is 16.2. The third-order valence-electron chi connectivity index (χ3n) is 4.53. The fourth-order valence-corrected chi connectivity index (χ4v) is 2.93. The number of nitrogens with zero attached hydrogens (tertiary/aromatic N) is 4. The topological polar surface area (TPSA) is 113 Å². The molecule has 4 rings (SSSR count). The minimum atomic E-state index is -0.486. The first-order chi connectivity index (χ1) is 12.6. The van der Waals surface area contributed by atoms with Gasteiger partial charge in [-0.05, 0) is 18.8 Å². The maximum Gasteiger partial charge on any atom is 0.224 e. The minimum Gasteiger partial charge on any atom is -0.435 e. The van der Waals surface area contributed by atoms with Crippen LogP contribution < -0.4 is 16.2 Å². The number of aromatic nitrogens is 4. The smallest absolute Gasteiger partial charge is 0.224 e. The number of hydrogen-bond acceptors (Lipinski definition) is 7. The lowest BCUT2D eigenvalue weighted by Gasteiger charge is -2.28. The Morgan fingerprint density at radius 1 is 1.04 bits per heavy atom. The first-order valence-electron chi connectivity index (χ1n) is 8.27. The van der Waals surface area contributed by atoms with Gasteiger partial charge in [0.2, 0.25) is 11.8 Å². The minimum absolute atomic E-state index is 0.133. The standard InChI is InChI=1S/C18H17FN6O/c19-16-12(11-7-22-18(21)23-8-11)4-5-13(10-2-1-3-10)17(16)26-15-6-14(20)24-9-25-15/h4-10H,1-3H2,(H2,20,24,25)(H2,21,22,23). The van der Waals surface area contributed by atoms with Crippen molar-refractivity contribution < 1.29 is 9.13 Å². The largest absolute Gasteiger partial charge is 0.435 e. The molecule has 0 atom stereocenters. The molecular formula is C18H17FN6O. The first-order valence-corrected chi connectivity index (χ1v) is 8.27. The lowest BCUT2D eigenvalue weighted by Crippen LogP contribution is -2.11. The highest BCUT2D eigenvalue weighted by molar-refractivity contribution is 5.66. The SMILES string of the molecule is Nc1cc(Oc2c(C3CCC3)ccc(-c3cnc(N)nc3)c2F)ncn1. The molecular weight excluding hydrogens is 335 g/mol. The molecule has 3 aromatic rings. The second-order valence-electron chi connectivity index (χ2n) is 6.19. The number of ether oxygens (including phenoxy) is 1. The van der Waals surface area contributed by atoms with Crippen LogP contribution in [0, 0.1) is 5.82 Å². The van der Waals surface area contributed by atoms with E-state index in [1.54, 1.807) is 6.07 Å². The van der Waals surface area contributed by atoms with Gasteiger partial charge in [-0.15, -0.1) is 0 Å². The Morgan fingerprint density at radius 2 is 1.81 bits per heavy atom. The van der Waals surface area contributed by atoms with Crippen LogP contribution in [-0.4, -0.2) is 19.9 Å². The zero-order valence-corrected chi connectivity index (χ0v) is 13.9. The van der Waals surface area contributed by atoms with E-state index in [0.717, 1.165) is 24.8 Å². The van der Waals surface area contributed by atoms with E-state index < -0.39 is 5.82 Å². The summed E-state index contributed by atoms with van der Waals surface area (Å²) in [4.78, 5) is 15.7. The van der Waals surface area contributed by atoms with Crippen molar-refractivity contribution in [2.75, 3.05) is 11.5 Å². The van der Waals surface area contributed by atoms with Gasteiger partial charge in [0, 0.05) is 35.2 Å². The van der Waals surface area contributed by atoms with Crippen LogP contribution in [0.1, 0.15) is 30.7 Å². The Hall–Kier alpha value is -3.29. The Balaban J connectivity index is 1.80. The van der Waals surface area contributed by atoms with Crippen molar-refractivity contribution >= 4 is 11.8 Å². The molecule has 4 N–H and O–H groups in total. The molecule has 0 spiro atoms. The molecule has 26 heavy (non-hydrogen) atoms. The van der Waals surface area contributed by atoms with Gasteiger partial charge >= 0.3 is 0 Å². The van der Waals surface area contributed by atoms with Crippen molar-refractivity contribution in [3.05, 3.63) is 48.3 Å². The van der Waals surface area contributed by atoms with Gasteiger partial charge in [-0.2, -0.15) is 0 Å². The van der Waals surface area contributed by atoms with Gasteiger partial charge in [-0.3, -0.25) is 0 Å². The van der Waals surface area contributed by atoms with Gasteiger partial charge in [0.15, 0.2) is 11.6 Å². The average Bonchev–Trinajstić information content (AvgIpc) is 2.58. The second-order valence-corrected chi connectivity index (χ2v) is 6.19. The van der Waals surface area contributed by atoms with Crippen LogP contribution in [0.2, 0.25) is 0 Å². The highest BCUT2D eigenvalue weighted by atomic mass is 19.1. The number of anilines is 2. The molecule has 0 unspecified atom stereocenters. The summed E-state index contributed by atoms with van der Waals surface area (Å²) in [6, 6.07) is 5.07. The third kappa shape index (κ3) is 3.01. The normalized spacial score (nSPS) is 14.0. The summed E-state index contributed by atoms with van der Waals surface area (Å²) in [6.45, 7) is 0. The fourth-order valence-electron chi connectivity index (χ4n) is 2.93. The number of nitrogens with two attached hydrogens (primary N) is 2. The predicted octanol–water partition coefficient (Wildman–Crippen LogP) is 3.30. The quantitative estimate of drug-likeness (QED) is 0.740. The lowest BCUT2D eigenvalue weighted by molar-refractivity contribution is 0.378. The summed E-state index contributed by atoms with van der Waals surface area (Å²) in [5.41, 5.74) is 12.9. The van der Waals surface area contributed by atoms with Crippen LogP contribution in [0.4, 0.5) is 16.2 Å². The van der Waals surface area contributed by atoms with E-state index in [4.69, 9.17) is 16.2 Å². The molecule has 7 nitrogen and oxygen atoms in total. The van der Waals surface area contributed by atoms with Gasteiger partial charge in [-0.25, -0.2) is 24.3 Å².